The quantitative estimate of drug-likeness (QED) is 0.788. The Bertz CT molecular complexity index is 494. The number of aromatic nitrogens is 2. The number of hydrogen-bond donors (Lipinski definition) is 2. The molecule has 1 rings (SSSR count). The summed E-state index contributed by atoms with van der Waals surface area (Å²) in [4.78, 5) is 23.0. The third-order valence-electron chi connectivity index (χ3n) is 2.64. The zero-order chi connectivity index (χ0) is 16.0. The van der Waals surface area contributed by atoms with Crippen molar-refractivity contribution >= 4 is 17.8 Å². The minimum Gasteiger partial charge on any atom is -0.463 e. The Labute approximate surface area is 125 Å². The van der Waals surface area contributed by atoms with Crippen LogP contribution in [0.5, 0.6) is 0 Å². The van der Waals surface area contributed by atoms with Gasteiger partial charge in [0.1, 0.15) is 0 Å². The number of carbonyl (C=O) groups excluding carboxylic acids is 2. The van der Waals surface area contributed by atoms with Crippen LogP contribution in [-0.2, 0) is 9.53 Å². The SMILES string of the molecule is Cc1cc(NC(=O)NCCC(=O)OC(C)C)nn1C(C)C. The van der Waals surface area contributed by atoms with Crippen LogP contribution in [0.3, 0.4) is 0 Å². The second-order valence-electron chi connectivity index (χ2n) is 5.38. The van der Waals surface area contributed by atoms with Gasteiger partial charge in [-0.3, -0.25) is 14.8 Å². The van der Waals surface area contributed by atoms with E-state index in [1.54, 1.807) is 19.9 Å². The molecule has 0 fully saturated rings. The highest BCUT2D eigenvalue weighted by Crippen LogP contribution is 2.13. The highest BCUT2D eigenvalue weighted by atomic mass is 16.5. The Kier molecular flexibility index (Phi) is 6.20. The van der Waals surface area contributed by atoms with E-state index in [9.17, 15) is 9.59 Å². The zero-order valence-corrected chi connectivity index (χ0v) is 13.3. The summed E-state index contributed by atoms with van der Waals surface area (Å²) in [6, 6.07) is 1.64. The molecule has 0 atom stereocenters. The predicted molar refractivity (Wildman–Crippen MR) is 80.2 cm³/mol. The number of nitrogens with one attached hydrogen (secondary N) is 2. The molecular formula is C14H24N4O3. The number of amides is 2. The van der Waals surface area contributed by atoms with Crippen LogP contribution < -0.4 is 10.6 Å². The Morgan fingerprint density at radius 1 is 1.33 bits per heavy atom. The van der Waals surface area contributed by atoms with Crippen LogP contribution >= 0.6 is 0 Å². The van der Waals surface area contributed by atoms with Crippen molar-refractivity contribution in [1.29, 1.82) is 0 Å². The molecule has 7 nitrogen and oxygen atoms in total. The summed E-state index contributed by atoms with van der Waals surface area (Å²) in [5.74, 6) is 0.161. The van der Waals surface area contributed by atoms with Crippen LogP contribution in [0.25, 0.3) is 0 Å². The van der Waals surface area contributed by atoms with Crippen LogP contribution in [0, 0.1) is 6.92 Å². The summed E-state index contributed by atoms with van der Waals surface area (Å²) in [6.45, 7) is 9.75. The van der Waals surface area contributed by atoms with Crippen LogP contribution in [0.15, 0.2) is 6.07 Å². The Morgan fingerprint density at radius 2 is 2.00 bits per heavy atom. The molecule has 0 saturated carbocycles. The van der Waals surface area contributed by atoms with E-state index >= 15 is 0 Å². The molecule has 0 aliphatic rings. The first kappa shape index (κ1) is 17.0. The predicted octanol–water partition coefficient (Wildman–Crippen LogP) is 2.24. The van der Waals surface area contributed by atoms with Gasteiger partial charge in [-0.25, -0.2) is 4.79 Å². The van der Waals surface area contributed by atoms with Gasteiger partial charge in [0.2, 0.25) is 0 Å². The van der Waals surface area contributed by atoms with E-state index in [2.05, 4.69) is 15.7 Å². The average Bonchev–Trinajstić information content (AvgIpc) is 2.69. The minimum absolute atomic E-state index is 0.144. The Balaban J connectivity index is 2.37. The van der Waals surface area contributed by atoms with E-state index in [-0.39, 0.29) is 37.1 Å². The van der Waals surface area contributed by atoms with E-state index in [4.69, 9.17) is 4.74 Å². The molecule has 0 spiro atoms. The molecule has 21 heavy (non-hydrogen) atoms. The van der Waals surface area contributed by atoms with E-state index in [0.717, 1.165) is 5.69 Å². The molecular weight excluding hydrogens is 272 g/mol. The maximum absolute atomic E-state index is 11.7. The first-order chi connectivity index (χ1) is 9.79. The summed E-state index contributed by atoms with van der Waals surface area (Å²) in [6.07, 6.45) is -0.000256. The molecule has 0 saturated heterocycles. The van der Waals surface area contributed by atoms with Gasteiger partial charge in [-0.1, -0.05) is 0 Å². The van der Waals surface area contributed by atoms with Crippen LogP contribution in [0.1, 0.15) is 45.9 Å². The van der Waals surface area contributed by atoms with E-state index in [1.807, 2.05) is 25.5 Å². The number of nitrogens with zero attached hydrogens (tertiary/aromatic N) is 2. The van der Waals surface area contributed by atoms with E-state index in [0.29, 0.717) is 5.82 Å². The third-order valence-corrected chi connectivity index (χ3v) is 2.64. The van der Waals surface area contributed by atoms with E-state index in [1.165, 1.54) is 0 Å². The van der Waals surface area contributed by atoms with Crippen LogP contribution in [-0.4, -0.2) is 34.4 Å². The molecule has 1 aromatic rings. The van der Waals surface area contributed by atoms with Crippen molar-refractivity contribution in [3.05, 3.63) is 11.8 Å². The first-order valence-corrected chi connectivity index (χ1v) is 7.10. The summed E-state index contributed by atoms with van der Waals surface area (Å²) in [7, 11) is 0. The fourth-order valence-electron chi connectivity index (χ4n) is 1.83. The highest BCUT2D eigenvalue weighted by Gasteiger charge is 2.10. The van der Waals surface area contributed by atoms with Gasteiger partial charge in [0.05, 0.1) is 12.5 Å². The standard InChI is InChI=1S/C14H24N4O3/c1-9(2)18-11(5)8-12(17-18)16-14(20)15-7-6-13(19)21-10(3)4/h8-10H,6-7H2,1-5H3,(H2,15,16,17,20). The lowest BCUT2D eigenvalue weighted by atomic mass is 10.4. The number of aryl methyl sites for hydroxylation is 1. The second-order valence-corrected chi connectivity index (χ2v) is 5.38. The number of carbonyl (C=O) groups is 2. The molecule has 1 heterocycles. The number of hydrogen-bond acceptors (Lipinski definition) is 4. The van der Waals surface area contributed by atoms with Gasteiger partial charge in [0.25, 0.3) is 0 Å². The minimum atomic E-state index is -0.388. The normalized spacial score (nSPS) is 10.8. The van der Waals surface area contributed by atoms with Crippen molar-refractivity contribution in [2.75, 3.05) is 11.9 Å². The van der Waals surface area contributed by atoms with Gasteiger partial charge >= 0.3 is 12.0 Å². The van der Waals surface area contributed by atoms with E-state index < -0.39 is 0 Å². The maximum Gasteiger partial charge on any atom is 0.320 e. The number of ether oxygens (including phenoxy) is 1. The molecule has 2 N–H and O–H groups in total. The molecule has 0 aliphatic heterocycles. The first-order valence-electron chi connectivity index (χ1n) is 7.10. The molecule has 0 bridgehead atoms. The van der Waals surface area contributed by atoms with Crippen molar-refractivity contribution in [3.8, 4) is 0 Å². The maximum atomic E-state index is 11.7. The molecule has 0 aliphatic carbocycles. The highest BCUT2D eigenvalue weighted by molar-refractivity contribution is 5.88. The van der Waals surface area contributed by atoms with Crippen molar-refractivity contribution in [1.82, 2.24) is 15.1 Å². The number of urea groups is 1. The number of esters is 1. The van der Waals surface area contributed by atoms with Gasteiger partial charge in [-0.2, -0.15) is 5.10 Å². The van der Waals surface area contributed by atoms with Crippen molar-refractivity contribution < 1.29 is 14.3 Å². The van der Waals surface area contributed by atoms with Crippen LogP contribution in [0.4, 0.5) is 10.6 Å². The van der Waals surface area contributed by atoms with Gasteiger partial charge in [0.15, 0.2) is 5.82 Å². The summed E-state index contributed by atoms with van der Waals surface area (Å²) in [5, 5.41) is 9.52. The lowest BCUT2D eigenvalue weighted by Gasteiger charge is -2.09. The topological polar surface area (TPSA) is 85.2 Å². The van der Waals surface area contributed by atoms with Crippen molar-refractivity contribution in [2.45, 2.75) is 53.2 Å². The second kappa shape index (κ2) is 7.66. The van der Waals surface area contributed by atoms with Gasteiger partial charge in [-0.05, 0) is 34.6 Å². The lowest BCUT2D eigenvalue weighted by molar-refractivity contribution is -0.147. The molecule has 0 aromatic carbocycles. The van der Waals surface area contributed by atoms with Crippen LogP contribution in [0.2, 0.25) is 0 Å². The van der Waals surface area contributed by atoms with Gasteiger partial charge in [0, 0.05) is 24.3 Å². The third kappa shape index (κ3) is 5.85. The van der Waals surface area contributed by atoms with Gasteiger partial charge < -0.3 is 10.1 Å². The van der Waals surface area contributed by atoms with Crippen molar-refractivity contribution in [3.63, 3.8) is 0 Å². The number of rotatable bonds is 6. The fraction of sp³-hybridized carbons (Fsp3) is 0.643. The molecule has 0 unspecified atom stereocenters. The largest absolute Gasteiger partial charge is 0.463 e. The average molecular weight is 296 g/mol. The summed E-state index contributed by atoms with van der Waals surface area (Å²) < 4.78 is 6.80. The zero-order valence-electron chi connectivity index (χ0n) is 13.3. The smallest absolute Gasteiger partial charge is 0.320 e. The summed E-state index contributed by atoms with van der Waals surface area (Å²) >= 11 is 0. The Hall–Kier alpha value is -2.05. The molecule has 2 amide bonds. The molecule has 118 valence electrons. The molecule has 0 radical (unpaired) electrons. The monoisotopic (exact) mass is 296 g/mol. The summed E-state index contributed by atoms with van der Waals surface area (Å²) in [5.41, 5.74) is 0.973. The number of anilines is 1. The fourth-order valence-corrected chi connectivity index (χ4v) is 1.83. The molecule has 7 heteroatoms. The Morgan fingerprint density at radius 3 is 2.52 bits per heavy atom. The van der Waals surface area contributed by atoms with Gasteiger partial charge in [-0.15, -0.1) is 0 Å². The lowest BCUT2D eigenvalue weighted by Crippen LogP contribution is -2.31. The molecule has 1 aromatic heterocycles. The van der Waals surface area contributed by atoms with Crippen molar-refractivity contribution in [2.24, 2.45) is 0 Å².